The summed E-state index contributed by atoms with van der Waals surface area (Å²) in [6.07, 6.45) is 0. The van der Waals surface area contributed by atoms with Crippen molar-refractivity contribution in [2.24, 2.45) is 11.1 Å². The molecule has 0 saturated carbocycles. The van der Waals surface area contributed by atoms with Crippen molar-refractivity contribution in [3.63, 3.8) is 0 Å². The third-order valence-electron chi connectivity index (χ3n) is 2.39. The first kappa shape index (κ1) is 12.6. The zero-order chi connectivity index (χ0) is 12.2. The first-order chi connectivity index (χ1) is 7.44. The molecule has 0 bridgehead atoms. The quantitative estimate of drug-likeness (QED) is 0.815. The van der Waals surface area contributed by atoms with Crippen LogP contribution in [0.25, 0.3) is 0 Å². The number of halogens is 1. The Morgan fingerprint density at radius 2 is 1.94 bits per heavy atom. The van der Waals surface area contributed by atoms with Crippen LogP contribution in [0.2, 0.25) is 0 Å². The van der Waals surface area contributed by atoms with E-state index in [-0.39, 0.29) is 17.1 Å². The van der Waals surface area contributed by atoms with Gasteiger partial charge in [-0.15, -0.1) is 0 Å². The minimum Gasteiger partial charge on any atom is -0.351 e. The molecule has 1 rings (SSSR count). The maximum absolute atomic E-state index is 12.6. The van der Waals surface area contributed by atoms with E-state index < -0.39 is 0 Å². The van der Waals surface area contributed by atoms with Crippen molar-refractivity contribution in [2.45, 2.75) is 13.8 Å². The molecule has 0 aliphatic carbocycles. The predicted octanol–water partition coefficient (Wildman–Crippen LogP) is 1.54. The summed E-state index contributed by atoms with van der Waals surface area (Å²) in [5.41, 5.74) is 5.87. The largest absolute Gasteiger partial charge is 0.351 e. The average Bonchev–Trinajstić information content (AvgIpc) is 2.27. The van der Waals surface area contributed by atoms with Crippen LogP contribution in [-0.4, -0.2) is 19.0 Å². The lowest BCUT2D eigenvalue weighted by Gasteiger charge is -2.22. The molecule has 16 heavy (non-hydrogen) atoms. The third-order valence-corrected chi connectivity index (χ3v) is 2.39. The Morgan fingerprint density at radius 3 is 2.44 bits per heavy atom. The average molecular weight is 224 g/mol. The number of nitrogens with two attached hydrogens (primary N) is 1. The molecule has 88 valence electrons. The Labute approximate surface area is 94.8 Å². The number of benzene rings is 1. The molecule has 0 heterocycles. The van der Waals surface area contributed by atoms with E-state index in [0.717, 1.165) is 0 Å². The number of amides is 1. The Kier molecular flexibility index (Phi) is 4.01. The van der Waals surface area contributed by atoms with Crippen molar-refractivity contribution in [3.8, 4) is 0 Å². The highest BCUT2D eigenvalue weighted by Gasteiger charge is 2.16. The predicted molar refractivity (Wildman–Crippen MR) is 61.6 cm³/mol. The fourth-order valence-corrected chi connectivity index (χ4v) is 1.10. The molecule has 0 radical (unpaired) electrons. The van der Waals surface area contributed by atoms with Crippen LogP contribution in [0, 0.1) is 11.2 Å². The van der Waals surface area contributed by atoms with E-state index in [9.17, 15) is 9.18 Å². The number of nitrogens with one attached hydrogen (secondary N) is 1. The van der Waals surface area contributed by atoms with E-state index in [0.29, 0.717) is 18.7 Å². The molecule has 1 amide bonds. The van der Waals surface area contributed by atoms with Gasteiger partial charge in [-0.2, -0.15) is 0 Å². The molecule has 4 heteroatoms. The standard InChI is InChI=1S/C12H17FN2O/c1-12(2,7-14)8-15-11(16)9-3-5-10(13)6-4-9/h3-6H,7-8,14H2,1-2H3,(H,15,16). The topological polar surface area (TPSA) is 55.1 Å². The van der Waals surface area contributed by atoms with Gasteiger partial charge in [0.15, 0.2) is 0 Å². The minimum atomic E-state index is -0.348. The second-order valence-corrected chi connectivity index (χ2v) is 4.56. The minimum absolute atomic E-state index is 0.129. The third kappa shape index (κ3) is 3.62. The highest BCUT2D eigenvalue weighted by molar-refractivity contribution is 5.94. The van der Waals surface area contributed by atoms with Gasteiger partial charge in [0.25, 0.3) is 5.91 Å². The Balaban J connectivity index is 2.56. The Morgan fingerprint density at radius 1 is 1.38 bits per heavy atom. The van der Waals surface area contributed by atoms with E-state index >= 15 is 0 Å². The van der Waals surface area contributed by atoms with Crippen LogP contribution in [0.15, 0.2) is 24.3 Å². The summed E-state index contributed by atoms with van der Waals surface area (Å²) in [6.45, 7) is 4.94. The monoisotopic (exact) mass is 224 g/mol. The van der Waals surface area contributed by atoms with Gasteiger partial charge in [0, 0.05) is 12.1 Å². The summed E-state index contributed by atoms with van der Waals surface area (Å²) >= 11 is 0. The number of rotatable bonds is 4. The van der Waals surface area contributed by atoms with E-state index in [1.807, 2.05) is 13.8 Å². The van der Waals surface area contributed by atoms with Crippen LogP contribution >= 0.6 is 0 Å². The number of carbonyl (C=O) groups is 1. The van der Waals surface area contributed by atoms with Crippen LogP contribution in [0.4, 0.5) is 4.39 Å². The molecular formula is C12H17FN2O. The summed E-state index contributed by atoms with van der Waals surface area (Å²) in [5, 5.41) is 2.77. The Bertz CT molecular complexity index is 360. The smallest absolute Gasteiger partial charge is 0.251 e. The van der Waals surface area contributed by atoms with Crippen molar-refractivity contribution in [2.75, 3.05) is 13.1 Å². The first-order valence-electron chi connectivity index (χ1n) is 5.18. The van der Waals surface area contributed by atoms with Crippen molar-refractivity contribution in [1.29, 1.82) is 0 Å². The van der Waals surface area contributed by atoms with Crippen LogP contribution in [0.1, 0.15) is 24.2 Å². The molecule has 0 saturated heterocycles. The van der Waals surface area contributed by atoms with Gasteiger partial charge in [0.1, 0.15) is 5.82 Å². The summed E-state index contributed by atoms with van der Waals surface area (Å²) < 4.78 is 12.6. The second kappa shape index (κ2) is 5.07. The molecule has 0 aromatic heterocycles. The molecule has 3 N–H and O–H groups in total. The van der Waals surface area contributed by atoms with Crippen LogP contribution in [0.5, 0.6) is 0 Å². The molecular weight excluding hydrogens is 207 g/mol. The zero-order valence-corrected chi connectivity index (χ0v) is 9.59. The molecule has 3 nitrogen and oxygen atoms in total. The molecule has 1 aromatic carbocycles. The number of hydrogen-bond donors (Lipinski definition) is 2. The molecule has 0 fully saturated rings. The van der Waals surface area contributed by atoms with Gasteiger partial charge in [-0.3, -0.25) is 4.79 Å². The van der Waals surface area contributed by atoms with E-state index in [1.165, 1.54) is 24.3 Å². The first-order valence-corrected chi connectivity index (χ1v) is 5.18. The molecule has 0 atom stereocenters. The highest BCUT2D eigenvalue weighted by Crippen LogP contribution is 2.10. The molecule has 0 spiro atoms. The van der Waals surface area contributed by atoms with Crippen LogP contribution < -0.4 is 11.1 Å². The summed E-state index contributed by atoms with van der Waals surface area (Å²) in [7, 11) is 0. The van der Waals surface area contributed by atoms with Crippen LogP contribution in [-0.2, 0) is 0 Å². The van der Waals surface area contributed by atoms with Gasteiger partial charge < -0.3 is 11.1 Å². The van der Waals surface area contributed by atoms with Gasteiger partial charge >= 0.3 is 0 Å². The molecule has 1 aromatic rings. The fraction of sp³-hybridized carbons (Fsp3) is 0.417. The van der Waals surface area contributed by atoms with E-state index in [4.69, 9.17) is 5.73 Å². The lowest BCUT2D eigenvalue weighted by Crippen LogP contribution is -2.38. The van der Waals surface area contributed by atoms with Gasteiger partial charge in [-0.05, 0) is 36.2 Å². The van der Waals surface area contributed by atoms with E-state index in [1.54, 1.807) is 0 Å². The summed E-state index contributed by atoms with van der Waals surface area (Å²) in [6, 6.07) is 5.45. The summed E-state index contributed by atoms with van der Waals surface area (Å²) in [5.74, 6) is -0.555. The summed E-state index contributed by atoms with van der Waals surface area (Å²) in [4.78, 5) is 11.6. The van der Waals surface area contributed by atoms with E-state index in [2.05, 4.69) is 5.32 Å². The fourth-order valence-electron chi connectivity index (χ4n) is 1.10. The second-order valence-electron chi connectivity index (χ2n) is 4.56. The van der Waals surface area contributed by atoms with Crippen molar-refractivity contribution in [1.82, 2.24) is 5.32 Å². The maximum Gasteiger partial charge on any atom is 0.251 e. The number of hydrogen-bond acceptors (Lipinski definition) is 2. The Hall–Kier alpha value is -1.42. The highest BCUT2D eigenvalue weighted by atomic mass is 19.1. The van der Waals surface area contributed by atoms with Crippen LogP contribution in [0.3, 0.4) is 0 Å². The maximum atomic E-state index is 12.6. The van der Waals surface area contributed by atoms with Gasteiger partial charge in [-0.1, -0.05) is 13.8 Å². The number of carbonyl (C=O) groups excluding carboxylic acids is 1. The zero-order valence-electron chi connectivity index (χ0n) is 9.59. The van der Waals surface area contributed by atoms with Gasteiger partial charge in [-0.25, -0.2) is 4.39 Å². The van der Waals surface area contributed by atoms with Gasteiger partial charge in [0.2, 0.25) is 0 Å². The van der Waals surface area contributed by atoms with Crippen molar-refractivity contribution in [3.05, 3.63) is 35.6 Å². The SMILES string of the molecule is CC(C)(CN)CNC(=O)c1ccc(F)cc1. The molecule has 0 unspecified atom stereocenters. The lowest BCUT2D eigenvalue weighted by molar-refractivity contribution is 0.0938. The van der Waals surface area contributed by atoms with Crippen molar-refractivity contribution >= 4 is 5.91 Å². The molecule has 0 aliphatic heterocycles. The van der Waals surface area contributed by atoms with Crippen molar-refractivity contribution < 1.29 is 9.18 Å². The molecule has 0 aliphatic rings. The van der Waals surface area contributed by atoms with Gasteiger partial charge in [0.05, 0.1) is 0 Å². The normalized spacial score (nSPS) is 11.2. The lowest BCUT2D eigenvalue weighted by atomic mass is 9.94.